The molecule has 0 saturated heterocycles. The summed E-state index contributed by atoms with van der Waals surface area (Å²) in [5, 5.41) is 8.90. The first-order valence-corrected chi connectivity index (χ1v) is 9.87. The van der Waals surface area contributed by atoms with Gasteiger partial charge < -0.3 is 4.74 Å². The van der Waals surface area contributed by atoms with Crippen molar-refractivity contribution >= 4 is 15.9 Å². The highest BCUT2D eigenvalue weighted by Gasteiger charge is 2.34. The van der Waals surface area contributed by atoms with E-state index in [1.165, 1.54) is 24.7 Å². The quantitative estimate of drug-likeness (QED) is 0.558. The van der Waals surface area contributed by atoms with E-state index in [1.807, 2.05) is 31.2 Å². The topological polar surface area (TPSA) is 95.9 Å². The number of nitrogens with zero attached hydrogens (tertiary/aromatic N) is 1. The van der Waals surface area contributed by atoms with Gasteiger partial charge in [0.25, 0.3) is 5.91 Å². The van der Waals surface area contributed by atoms with Gasteiger partial charge in [0.15, 0.2) is 0 Å². The zero-order chi connectivity index (χ0) is 20.2. The van der Waals surface area contributed by atoms with Crippen LogP contribution in [-0.4, -0.2) is 36.9 Å². The van der Waals surface area contributed by atoms with Crippen LogP contribution in [0.5, 0.6) is 11.5 Å². The van der Waals surface area contributed by atoms with Crippen LogP contribution in [0, 0.1) is 12.8 Å². The molecule has 1 amide bonds. The molecule has 0 bridgehead atoms. The average Bonchev–Trinajstić information content (AvgIpc) is 2.63. The van der Waals surface area contributed by atoms with Crippen molar-refractivity contribution in [2.45, 2.75) is 31.7 Å². The first kappa shape index (κ1) is 20.9. The van der Waals surface area contributed by atoms with Crippen molar-refractivity contribution in [1.82, 2.24) is 9.79 Å². The molecule has 0 aliphatic carbocycles. The molecule has 0 fully saturated rings. The van der Waals surface area contributed by atoms with Crippen molar-refractivity contribution in [3.05, 3.63) is 54.1 Å². The summed E-state index contributed by atoms with van der Waals surface area (Å²) >= 11 is 0. The molecular formula is C19H24N2O5S. The van der Waals surface area contributed by atoms with Crippen LogP contribution in [0.3, 0.4) is 0 Å². The van der Waals surface area contributed by atoms with E-state index in [0.29, 0.717) is 11.5 Å². The number of aryl methyl sites for hydroxylation is 1. The molecule has 0 aromatic heterocycles. The number of carbonyl (C=O) groups excluding carboxylic acids is 1. The summed E-state index contributed by atoms with van der Waals surface area (Å²) in [6.45, 7) is 5.37. The van der Waals surface area contributed by atoms with E-state index in [0.717, 1.165) is 9.87 Å². The Kier molecular flexibility index (Phi) is 6.59. The maximum absolute atomic E-state index is 12.8. The third-order valence-corrected chi connectivity index (χ3v) is 6.01. The Morgan fingerprint density at radius 2 is 1.52 bits per heavy atom. The van der Waals surface area contributed by atoms with Crippen molar-refractivity contribution in [2.75, 3.05) is 7.05 Å². The van der Waals surface area contributed by atoms with Crippen molar-refractivity contribution in [1.29, 1.82) is 0 Å². The van der Waals surface area contributed by atoms with Crippen LogP contribution in [0.25, 0.3) is 0 Å². The fourth-order valence-corrected chi connectivity index (χ4v) is 4.14. The number of amides is 1. The highest BCUT2D eigenvalue weighted by Crippen LogP contribution is 2.25. The molecule has 146 valence electrons. The minimum Gasteiger partial charge on any atom is -0.457 e. The van der Waals surface area contributed by atoms with Crippen LogP contribution >= 0.6 is 0 Å². The minimum absolute atomic E-state index is 0.0256. The van der Waals surface area contributed by atoms with E-state index in [2.05, 4.69) is 0 Å². The lowest BCUT2D eigenvalue weighted by Gasteiger charge is -2.28. The fraction of sp³-hybridized carbons (Fsp3) is 0.316. The van der Waals surface area contributed by atoms with Crippen LogP contribution in [0.2, 0.25) is 0 Å². The van der Waals surface area contributed by atoms with Gasteiger partial charge in [0.05, 0.1) is 4.90 Å². The van der Waals surface area contributed by atoms with Crippen LogP contribution in [0.4, 0.5) is 0 Å². The minimum atomic E-state index is -3.93. The maximum atomic E-state index is 12.8. The molecule has 0 heterocycles. The monoisotopic (exact) mass is 392 g/mol. The third-order valence-electron chi connectivity index (χ3n) is 4.16. The van der Waals surface area contributed by atoms with E-state index >= 15 is 0 Å². The van der Waals surface area contributed by atoms with Crippen molar-refractivity contribution < 1.29 is 23.2 Å². The largest absolute Gasteiger partial charge is 0.457 e. The van der Waals surface area contributed by atoms with Crippen LogP contribution in [0.1, 0.15) is 19.4 Å². The van der Waals surface area contributed by atoms with Gasteiger partial charge in [0.1, 0.15) is 17.5 Å². The smallest absolute Gasteiger partial charge is 0.262 e. The predicted octanol–water partition coefficient (Wildman–Crippen LogP) is 2.94. The standard InChI is InChI=1S/C19H24N2O5S/c1-13(2)18(19(22)20-23)21(4)27(24,25)17-11-9-16(10-12-17)26-15-7-5-14(3)6-8-15/h5-13,18,23H,1-4H3,(H,20,22)/t18-/m1/s1. The number of nitrogens with one attached hydrogen (secondary N) is 1. The van der Waals surface area contributed by atoms with Gasteiger partial charge in [-0.1, -0.05) is 31.5 Å². The van der Waals surface area contributed by atoms with Crippen molar-refractivity contribution in [3.8, 4) is 11.5 Å². The van der Waals surface area contributed by atoms with Crippen LogP contribution < -0.4 is 10.2 Å². The SMILES string of the molecule is Cc1ccc(Oc2ccc(S(=O)(=O)N(C)[C@@H](C(=O)NO)C(C)C)cc2)cc1. The summed E-state index contributed by atoms with van der Waals surface area (Å²) in [7, 11) is -2.62. The van der Waals surface area contributed by atoms with Gasteiger partial charge in [-0.2, -0.15) is 4.31 Å². The molecule has 7 nitrogen and oxygen atoms in total. The molecular weight excluding hydrogens is 368 g/mol. The molecule has 0 unspecified atom stereocenters. The number of carbonyl (C=O) groups is 1. The number of rotatable bonds is 7. The van der Waals surface area contributed by atoms with Gasteiger partial charge in [-0.15, -0.1) is 0 Å². The van der Waals surface area contributed by atoms with Gasteiger partial charge in [0.2, 0.25) is 10.0 Å². The molecule has 0 spiro atoms. The van der Waals surface area contributed by atoms with Gasteiger partial charge >= 0.3 is 0 Å². The first-order chi connectivity index (χ1) is 12.7. The summed E-state index contributed by atoms with van der Waals surface area (Å²) in [5.74, 6) is 0.0262. The predicted molar refractivity (Wildman–Crippen MR) is 101 cm³/mol. The van der Waals surface area contributed by atoms with Crippen molar-refractivity contribution in [2.24, 2.45) is 5.92 Å². The van der Waals surface area contributed by atoms with Crippen molar-refractivity contribution in [3.63, 3.8) is 0 Å². The second kappa shape index (κ2) is 8.51. The summed E-state index contributed by atoms with van der Waals surface area (Å²) in [6, 6.07) is 12.4. The molecule has 2 N–H and O–H groups in total. The van der Waals surface area contributed by atoms with Crippen LogP contribution in [0.15, 0.2) is 53.4 Å². The molecule has 0 aliphatic heterocycles. The van der Waals surface area contributed by atoms with Gasteiger partial charge in [-0.25, -0.2) is 13.9 Å². The molecule has 2 aromatic carbocycles. The summed E-state index contributed by atoms with van der Waals surface area (Å²) in [6.07, 6.45) is 0. The van der Waals surface area contributed by atoms with E-state index in [1.54, 1.807) is 26.0 Å². The lowest BCUT2D eigenvalue weighted by atomic mass is 10.0. The summed E-state index contributed by atoms with van der Waals surface area (Å²) < 4.78 is 32.3. The van der Waals surface area contributed by atoms with Crippen LogP contribution in [-0.2, 0) is 14.8 Å². The van der Waals surface area contributed by atoms with Gasteiger partial charge in [0, 0.05) is 7.05 Å². The highest BCUT2D eigenvalue weighted by atomic mass is 32.2. The number of hydrogen-bond donors (Lipinski definition) is 2. The number of benzene rings is 2. The summed E-state index contributed by atoms with van der Waals surface area (Å²) in [4.78, 5) is 11.9. The Hall–Kier alpha value is -2.42. The number of hydroxylamine groups is 1. The molecule has 0 aliphatic rings. The van der Waals surface area contributed by atoms with Gasteiger partial charge in [-0.3, -0.25) is 10.0 Å². The Morgan fingerprint density at radius 1 is 1.04 bits per heavy atom. The van der Waals surface area contributed by atoms with E-state index in [-0.39, 0.29) is 10.8 Å². The number of sulfonamides is 1. The fourth-order valence-electron chi connectivity index (χ4n) is 2.69. The highest BCUT2D eigenvalue weighted by molar-refractivity contribution is 7.89. The first-order valence-electron chi connectivity index (χ1n) is 8.43. The van der Waals surface area contributed by atoms with Gasteiger partial charge in [-0.05, 0) is 49.2 Å². The molecule has 1 atom stereocenters. The molecule has 2 rings (SSSR count). The lowest BCUT2D eigenvalue weighted by molar-refractivity contribution is -0.134. The molecule has 8 heteroatoms. The molecule has 2 aromatic rings. The third kappa shape index (κ3) is 4.85. The van der Waals surface area contributed by atoms with E-state index in [4.69, 9.17) is 9.94 Å². The second-order valence-electron chi connectivity index (χ2n) is 6.57. The molecule has 0 saturated carbocycles. The number of likely N-dealkylation sites (N-methyl/N-ethyl adjacent to an activating group) is 1. The zero-order valence-corrected chi connectivity index (χ0v) is 16.5. The lowest BCUT2D eigenvalue weighted by Crippen LogP contribution is -2.49. The normalized spacial score (nSPS) is 12.9. The molecule has 0 radical (unpaired) electrons. The van der Waals surface area contributed by atoms with E-state index < -0.39 is 22.0 Å². The van der Waals surface area contributed by atoms with E-state index in [9.17, 15) is 13.2 Å². The number of hydrogen-bond acceptors (Lipinski definition) is 5. The Balaban J connectivity index is 2.23. The number of ether oxygens (including phenoxy) is 1. The maximum Gasteiger partial charge on any atom is 0.262 e. The molecule has 27 heavy (non-hydrogen) atoms. The Labute approximate surface area is 159 Å². The second-order valence-corrected chi connectivity index (χ2v) is 8.57. The average molecular weight is 392 g/mol. The Bertz CT molecular complexity index is 877. The summed E-state index contributed by atoms with van der Waals surface area (Å²) in [5.41, 5.74) is 2.64. The Morgan fingerprint density at radius 3 is 1.96 bits per heavy atom. The zero-order valence-electron chi connectivity index (χ0n) is 15.7.